The number of ether oxygens (including phenoxy) is 2. The molecule has 3 fully saturated rings. The lowest BCUT2D eigenvalue weighted by atomic mass is 9.98. The third-order valence-corrected chi connectivity index (χ3v) is 20.6. The number of nitrogens with one attached hydrogen (secondary N) is 7. The number of hydrogen-bond acceptors (Lipinski definition) is 24. The highest BCUT2D eigenvalue weighted by molar-refractivity contribution is 8.77. The molecule has 0 spiro atoms. The van der Waals surface area contributed by atoms with Gasteiger partial charge in [-0.1, -0.05) is 56.0 Å². The average Bonchev–Trinajstić information content (AvgIpc) is 2.12. The number of hydrogen-bond donors (Lipinski definition) is 17. The van der Waals surface area contributed by atoms with Crippen molar-refractivity contribution in [2.75, 3.05) is 100 Å². The first-order chi connectivity index (χ1) is 43.3. The number of nitrogen functional groups attached to an aromatic ring is 2. The molecule has 27 nitrogen and oxygen atoms in total. The molecule has 3 aliphatic heterocycles. The van der Waals surface area contributed by atoms with Crippen molar-refractivity contribution in [1.29, 1.82) is 0 Å². The van der Waals surface area contributed by atoms with Gasteiger partial charge in [0.25, 0.3) is 17.7 Å². The van der Waals surface area contributed by atoms with E-state index >= 15 is 0 Å². The Morgan fingerprint density at radius 1 is 0.582 bits per heavy atom. The third-order valence-electron chi connectivity index (χ3n) is 14.6. The van der Waals surface area contributed by atoms with Gasteiger partial charge in [0, 0.05) is 123 Å². The zero-order chi connectivity index (χ0) is 65.4. The highest BCUT2D eigenvalue weighted by Crippen LogP contribution is 2.40. The fraction of sp³-hybridized carbons (Fsp3) is 0.576. The standard InChI is InChI=1S/C31H50N4O13S2.C28H38N6O4S2.B/c36-15-21(39)29(48-31-28(45)27(44)26(43)22(16-37)47-31)25(42)20(38)13-34-18-7-5-17(6-8-18)30(46)33-11-10-32-24(41)14-35-23(40)4-2-1-3-19-9-12-49-50-19;29-22-9-5-20(6-10-22)27(37)31-14-16-34(17-15-32-28(38)21-7-11-23(30)12-8-21)26(36)19-33-25(35)4-2-1-3-24-13-18-39-40-24;/h5-8,19-22,25-29,31,34,36-39,42-45H,1-4,9-16H2,(H,32,41)(H,33,46)(H,35,40);5-12,24H,1-4,13-19,29-30H2,(H,31,37)(H,32,38)(H,33,35);. The monoisotopic (exact) mass is 1350 g/mol. The second-order valence-electron chi connectivity index (χ2n) is 21.5. The molecule has 3 aliphatic rings. The minimum absolute atomic E-state index is 0. The van der Waals surface area contributed by atoms with Crippen LogP contribution in [-0.2, 0) is 28.7 Å². The van der Waals surface area contributed by atoms with Crippen molar-refractivity contribution in [1.82, 2.24) is 36.8 Å². The molecule has 0 aliphatic carbocycles. The molecule has 3 aromatic rings. The van der Waals surface area contributed by atoms with E-state index in [1.165, 1.54) is 53.5 Å². The number of nitrogens with two attached hydrogens (primary N) is 2. The summed E-state index contributed by atoms with van der Waals surface area (Å²) in [7, 11) is 7.66. The summed E-state index contributed by atoms with van der Waals surface area (Å²) in [5.74, 6) is 0.416. The van der Waals surface area contributed by atoms with Crippen LogP contribution in [0.3, 0.4) is 0 Å². The molecule has 11 atom stereocenters. The number of unbranched alkanes of at least 4 members (excludes halogenated alkanes) is 2. The van der Waals surface area contributed by atoms with Crippen molar-refractivity contribution in [2.24, 2.45) is 0 Å². The molecule has 6 rings (SSSR count). The molecule has 3 aromatic carbocycles. The maximum absolute atomic E-state index is 13.0. The van der Waals surface area contributed by atoms with E-state index in [1.807, 2.05) is 43.2 Å². The molecule has 3 saturated heterocycles. The van der Waals surface area contributed by atoms with Crippen molar-refractivity contribution in [2.45, 2.75) is 130 Å². The van der Waals surface area contributed by atoms with E-state index in [-0.39, 0.29) is 103 Å². The molecule has 11 unspecified atom stereocenters. The van der Waals surface area contributed by atoms with E-state index in [4.69, 9.17) is 20.9 Å². The number of anilines is 3. The number of nitrogens with zero attached hydrogens (tertiary/aromatic N) is 1. The van der Waals surface area contributed by atoms with Crippen LogP contribution in [0.25, 0.3) is 0 Å². The van der Waals surface area contributed by atoms with Crippen molar-refractivity contribution in [3.8, 4) is 0 Å². The van der Waals surface area contributed by atoms with Crippen LogP contribution in [0, 0.1) is 0 Å². The summed E-state index contributed by atoms with van der Waals surface area (Å²) < 4.78 is 10.6. The molecule has 91 heavy (non-hydrogen) atoms. The van der Waals surface area contributed by atoms with Gasteiger partial charge in [0.1, 0.15) is 42.7 Å². The Balaban J connectivity index is 0.000000393. The summed E-state index contributed by atoms with van der Waals surface area (Å²) in [4.78, 5) is 88.2. The predicted octanol–water partition coefficient (Wildman–Crippen LogP) is -0.676. The molecule has 32 heteroatoms. The van der Waals surface area contributed by atoms with Crippen LogP contribution in [0.5, 0.6) is 0 Å². The predicted molar refractivity (Wildman–Crippen MR) is 353 cm³/mol. The highest BCUT2D eigenvalue weighted by atomic mass is 33.1. The van der Waals surface area contributed by atoms with Gasteiger partial charge in [0.15, 0.2) is 6.29 Å². The molecule has 503 valence electrons. The lowest BCUT2D eigenvalue weighted by Crippen LogP contribution is -2.61. The Bertz CT molecular complexity index is 2610. The number of rotatable bonds is 36. The van der Waals surface area contributed by atoms with Gasteiger partial charge >= 0.3 is 0 Å². The minimum atomic E-state index is -1.85. The highest BCUT2D eigenvalue weighted by Gasteiger charge is 2.47. The maximum Gasteiger partial charge on any atom is 0.251 e. The Morgan fingerprint density at radius 3 is 1.53 bits per heavy atom. The topological polar surface area (TPSA) is 439 Å². The smallest absolute Gasteiger partial charge is 0.251 e. The van der Waals surface area contributed by atoms with Gasteiger partial charge in [-0.2, -0.15) is 0 Å². The van der Waals surface area contributed by atoms with Crippen LogP contribution >= 0.6 is 43.2 Å². The van der Waals surface area contributed by atoms with Gasteiger partial charge in [-0.25, -0.2) is 0 Å². The summed E-state index contributed by atoms with van der Waals surface area (Å²) in [5, 5.41) is 101. The van der Waals surface area contributed by atoms with E-state index in [0.717, 1.165) is 38.5 Å². The first-order valence-corrected chi connectivity index (χ1v) is 34.7. The van der Waals surface area contributed by atoms with Gasteiger partial charge in [-0.3, -0.25) is 33.6 Å². The Kier molecular flexibility index (Phi) is 36.5. The first kappa shape index (κ1) is 77.9. The van der Waals surface area contributed by atoms with Gasteiger partial charge in [0.05, 0.1) is 32.4 Å². The van der Waals surface area contributed by atoms with Gasteiger partial charge in [-0.15, -0.1) is 0 Å². The van der Waals surface area contributed by atoms with Crippen LogP contribution < -0.4 is 48.7 Å². The van der Waals surface area contributed by atoms with Crippen LogP contribution in [0.15, 0.2) is 72.8 Å². The molecular weight excluding hydrogens is 1260 g/mol. The molecule has 3 radical (unpaired) electrons. The lowest BCUT2D eigenvalue weighted by molar-refractivity contribution is -0.326. The largest absolute Gasteiger partial charge is 0.399 e. The number of aliphatic hydroxyl groups is 8. The fourth-order valence-electron chi connectivity index (χ4n) is 9.21. The van der Waals surface area contributed by atoms with Crippen LogP contribution in [0.1, 0.15) is 95.3 Å². The van der Waals surface area contributed by atoms with Gasteiger partial charge < -0.3 is 104 Å². The van der Waals surface area contributed by atoms with E-state index in [9.17, 15) is 74.4 Å². The van der Waals surface area contributed by atoms with Crippen molar-refractivity contribution >= 4 is 110 Å². The third kappa shape index (κ3) is 28.3. The van der Waals surface area contributed by atoms with Crippen LogP contribution in [0.4, 0.5) is 17.1 Å². The zero-order valence-corrected chi connectivity index (χ0v) is 53.9. The summed E-state index contributed by atoms with van der Waals surface area (Å²) in [6.07, 6.45) is -6.35. The number of benzene rings is 3. The minimum Gasteiger partial charge on any atom is -0.399 e. The maximum atomic E-state index is 13.0. The first-order valence-electron chi connectivity index (χ1n) is 29.9. The number of carbonyl (C=O) groups is 7. The Hall–Kier alpha value is -5.59. The van der Waals surface area contributed by atoms with Gasteiger partial charge in [-0.05, 0) is 111 Å². The Morgan fingerprint density at radius 2 is 1.05 bits per heavy atom. The van der Waals surface area contributed by atoms with Crippen LogP contribution in [0.2, 0.25) is 0 Å². The van der Waals surface area contributed by atoms with Crippen molar-refractivity contribution in [3.05, 3.63) is 89.5 Å². The number of carbonyl (C=O) groups excluding carboxylic acids is 7. The average molecular weight is 1350 g/mol. The summed E-state index contributed by atoms with van der Waals surface area (Å²) >= 11 is 0. The number of aliphatic hydroxyl groups excluding tert-OH is 8. The molecule has 19 N–H and O–H groups in total. The lowest BCUT2D eigenvalue weighted by Gasteiger charge is -2.42. The van der Waals surface area contributed by atoms with Crippen molar-refractivity contribution in [3.63, 3.8) is 0 Å². The van der Waals surface area contributed by atoms with E-state index in [0.29, 0.717) is 57.1 Å². The van der Waals surface area contributed by atoms with E-state index in [1.54, 1.807) is 48.5 Å². The van der Waals surface area contributed by atoms with Gasteiger partial charge in [0.2, 0.25) is 23.6 Å². The molecule has 0 bridgehead atoms. The zero-order valence-electron chi connectivity index (χ0n) is 50.6. The molecule has 0 aromatic heterocycles. The van der Waals surface area contributed by atoms with E-state index in [2.05, 4.69) is 37.2 Å². The molecule has 7 amide bonds. The summed E-state index contributed by atoms with van der Waals surface area (Å²) in [6, 6.07) is 19.2. The fourth-order valence-corrected chi connectivity index (χ4v) is 15.3. The summed E-state index contributed by atoms with van der Waals surface area (Å²) in [6.45, 7) is -1.11. The summed E-state index contributed by atoms with van der Waals surface area (Å²) in [5.41, 5.74) is 14.1. The number of amides is 7. The van der Waals surface area contributed by atoms with Crippen molar-refractivity contribution < 1.29 is 83.9 Å². The van der Waals surface area contributed by atoms with E-state index < -0.39 is 74.2 Å². The molecule has 0 saturated carbocycles. The second kappa shape index (κ2) is 42.6. The normalized spacial score (nSPS) is 20.6. The second-order valence-corrected chi connectivity index (χ2v) is 27.1. The molecule has 3 heterocycles. The molecular formula is C59H88BN10O17S4. The quantitative estimate of drug-likeness (QED) is 0.0148. The SMILES string of the molecule is Nc1ccc(C(=O)NCCN(CCNC(=O)c2ccc(N)cc2)C(=O)CNC(=O)CCCCC2CCSS2)cc1.O=C(CCCCC1CCSS1)NCC(=O)NCCNC(=O)c1ccc(NCC(O)C(O)C(OC2OC(CO)C(O)C(O)C2O)C(O)CO)cc1.[B]. The Labute approximate surface area is 547 Å². The van der Waals surface area contributed by atoms with Crippen LogP contribution in [-0.4, -0.2) is 245 Å².